The van der Waals surface area contributed by atoms with Crippen LogP contribution in [0.15, 0.2) is 29.2 Å². The van der Waals surface area contributed by atoms with Gasteiger partial charge in [-0.05, 0) is 33.0 Å². The third-order valence-corrected chi connectivity index (χ3v) is 4.60. The van der Waals surface area contributed by atoms with E-state index in [1.165, 1.54) is 0 Å². The molecule has 0 bridgehead atoms. The van der Waals surface area contributed by atoms with E-state index in [2.05, 4.69) is 28.8 Å². The van der Waals surface area contributed by atoms with Crippen LogP contribution in [0.1, 0.15) is 13.8 Å². The van der Waals surface area contributed by atoms with Gasteiger partial charge in [-0.2, -0.15) is 0 Å². The van der Waals surface area contributed by atoms with Crippen LogP contribution >= 0.6 is 0 Å². The van der Waals surface area contributed by atoms with E-state index in [1.807, 2.05) is 7.05 Å². The lowest BCUT2D eigenvalue weighted by atomic mass is 10.3. The first-order valence-corrected chi connectivity index (χ1v) is 7.83. The monoisotopic (exact) mass is 285 g/mol. The molecule has 0 radical (unpaired) electrons. The lowest BCUT2D eigenvalue weighted by molar-refractivity contribution is 0.278. The van der Waals surface area contributed by atoms with Gasteiger partial charge >= 0.3 is 0 Å². The van der Waals surface area contributed by atoms with Crippen LogP contribution in [0.2, 0.25) is 0 Å². The van der Waals surface area contributed by atoms with Crippen LogP contribution in [0.25, 0.3) is 0 Å². The number of sulfonamides is 1. The van der Waals surface area contributed by atoms with Crippen molar-refractivity contribution in [2.45, 2.75) is 24.8 Å². The second kappa shape index (κ2) is 6.88. The predicted octanol–water partition coefficient (Wildman–Crippen LogP) is 1.35. The summed E-state index contributed by atoms with van der Waals surface area (Å²) in [7, 11) is 0.218. The topological polar surface area (TPSA) is 61.4 Å². The maximum absolute atomic E-state index is 12.2. The second-order valence-electron chi connectivity index (χ2n) is 4.72. The maximum atomic E-state index is 12.2. The van der Waals surface area contributed by atoms with Gasteiger partial charge in [-0.15, -0.1) is 0 Å². The van der Waals surface area contributed by atoms with Crippen LogP contribution in [-0.4, -0.2) is 46.5 Å². The molecule has 6 heteroatoms. The van der Waals surface area contributed by atoms with Gasteiger partial charge in [0.1, 0.15) is 4.90 Å². The number of nitrogens with one attached hydrogen (secondary N) is 2. The predicted molar refractivity (Wildman–Crippen MR) is 78.9 cm³/mol. The molecule has 0 spiro atoms. The van der Waals surface area contributed by atoms with Crippen molar-refractivity contribution in [1.82, 2.24) is 9.62 Å². The van der Waals surface area contributed by atoms with Crippen LogP contribution in [0.4, 0.5) is 5.69 Å². The molecule has 0 saturated carbocycles. The molecule has 108 valence electrons. The Morgan fingerprint density at radius 1 is 1.26 bits per heavy atom. The number of likely N-dealkylation sites (N-methyl/N-ethyl adjacent to an activating group) is 1. The van der Waals surface area contributed by atoms with Gasteiger partial charge in [0.15, 0.2) is 0 Å². The summed E-state index contributed by atoms with van der Waals surface area (Å²) in [6, 6.07) is 7.26. The fraction of sp³-hybridized carbons (Fsp3) is 0.538. The van der Waals surface area contributed by atoms with Gasteiger partial charge in [0.05, 0.1) is 5.69 Å². The minimum absolute atomic E-state index is 0.282. The minimum Gasteiger partial charge on any atom is -0.387 e. The lowest BCUT2D eigenvalue weighted by Gasteiger charge is -2.21. The van der Waals surface area contributed by atoms with Gasteiger partial charge in [0, 0.05) is 26.2 Å². The first kappa shape index (κ1) is 15.9. The summed E-state index contributed by atoms with van der Waals surface area (Å²) >= 11 is 0. The average molecular weight is 285 g/mol. The third-order valence-electron chi connectivity index (χ3n) is 3.08. The Bertz CT molecular complexity index is 500. The lowest BCUT2D eigenvalue weighted by Crippen LogP contribution is -2.36. The summed E-state index contributed by atoms with van der Waals surface area (Å²) in [5.41, 5.74) is 0.604. The molecule has 0 saturated heterocycles. The van der Waals surface area contributed by atoms with Crippen LogP contribution in [0.3, 0.4) is 0 Å². The highest BCUT2D eigenvalue weighted by Crippen LogP contribution is 2.19. The standard InChI is InChI=1S/C13H23N3O2S/c1-11(2)16(4)10-9-15-19(17,18)13-8-6-5-7-12(13)14-3/h5-8,11,14-15H,9-10H2,1-4H3. The molecule has 0 aliphatic rings. The molecule has 19 heavy (non-hydrogen) atoms. The van der Waals surface area contributed by atoms with Gasteiger partial charge in [-0.3, -0.25) is 0 Å². The number of hydrogen-bond acceptors (Lipinski definition) is 4. The molecular formula is C13H23N3O2S. The molecule has 0 fully saturated rings. The van der Waals surface area contributed by atoms with E-state index in [0.29, 0.717) is 24.8 Å². The van der Waals surface area contributed by atoms with Crippen LogP contribution < -0.4 is 10.0 Å². The van der Waals surface area contributed by atoms with E-state index in [0.717, 1.165) is 0 Å². The van der Waals surface area contributed by atoms with Crippen LogP contribution in [-0.2, 0) is 10.0 Å². The Morgan fingerprint density at radius 2 is 1.89 bits per heavy atom. The van der Waals surface area contributed by atoms with Gasteiger partial charge in [0.25, 0.3) is 0 Å². The Morgan fingerprint density at radius 3 is 2.47 bits per heavy atom. The molecule has 0 aliphatic carbocycles. The van der Waals surface area contributed by atoms with Gasteiger partial charge < -0.3 is 10.2 Å². The zero-order valence-electron chi connectivity index (χ0n) is 12.0. The van der Waals surface area contributed by atoms with Crippen molar-refractivity contribution in [3.05, 3.63) is 24.3 Å². The zero-order valence-corrected chi connectivity index (χ0v) is 12.8. The molecule has 0 atom stereocenters. The van der Waals surface area contributed by atoms with Crippen molar-refractivity contribution in [3.8, 4) is 0 Å². The first-order valence-electron chi connectivity index (χ1n) is 6.35. The number of rotatable bonds is 7. The fourth-order valence-corrected chi connectivity index (χ4v) is 2.83. The Balaban J connectivity index is 2.71. The number of para-hydroxylation sites is 1. The quantitative estimate of drug-likeness (QED) is 0.794. The summed E-state index contributed by atoms with van der Waals surface area (Å²) in [6.45, 7) is 5.23. The van der Waals surface area contributed by atoms with E-state index in [-0.39, 0.29) is 4.90 Å². The molecule has 0 aliphatic heterocycles. The highest BCUT2D eigenvalue weighted by Gasteiger charge is 2.17. The van der Waals surface area contributed by atoms with Crippen LogP contribution in [0, 0.1) is 0 Å². The molecule has 0 heterocycles. The highest BCUT2D eigenvalue weighted by atomic mass is 32.2. The summed E-state index contributed by atoms with van der Waals surface area (Å²) in [5.74, 6) is 0. The van der Waals surface area contributed by atoms with E-state index in [9.17, 15) is 8.42 Å². The average Bonchev–Trinajstić information content (AvgIpc) is 2.38. The van der Waals surface area contributed by atoms with Gasteiger partial charge in [-0.25, -0.2) is 13.1 Å². The van der Waals surface area contributed by atoms with E-state index in [4.69, 9.17) is 0 Å². The Kier molecular flexibility index (Phi) is 5.78. The maximum Gasteiger partial charge on any atom is 0.242 e. The third kappa shape index (κ3) is 4.49. The highest BCUT2D eigenvalue weighted by molar-refractivity contribution is 7.89. The number of hydrogen-bond donors (Lipinski definition) is 2. The normalized spacial score (nSPS) is 12.1. The second-order valence-corrected chi connectivity index (χ2v) is 6.45. The SMILES string of the molecule is CNc1ccccc1S(=O)(=O)NCCN(C)C(C)C. The molecule has 1 aromatic carbocycles. The Hall–Kier alpha value is -1.11. The van der Waals surface area contributed by atoms with Gasteiger partial charge in [0.2, 0.25) is 10.0 Å². The molecule has 1 aromatic rings. The smallest absolute Gasteiger partial charge is 0.242 e. The first-order chi connectivity index (χ1) is 8.88. The summed E-state index contributed by atoms with van der Waals surface area (Å²) in [5, 5.41) is 2.89. The van der Waals surface area contributed by atoms with E-state index in [1.54, 1.807) is 31.3 Å². The van der Waals surface area contributed by atoms with Crippen molar-refractivity contribution in [1.29, 1.82) is 0 Å². The number of benzene rings is 1. The largest absolute Gasteiger partial charge is 0.387 e. The minimum atomic E-state index is -3.46. The molecule has 0 aromatic heterocycles. The van der Waals surface area contributed by atoms with Crippen molar-refractivity contribution in [2.75, 3.05) is 32.5 Å². The molecule has 1 rings (SSSR count). The molecule has 5 nitrogen and oxygen atoms in total. The summed E-state index contributed by atoms with van der Waals surface area (Å²) in [4.78, 5) is 2.37. The molecule has 2 N–H and O–H groups in total. The molecule has 0 amide bonds. The fourth-order valence-electron chi connectivity index (χ4n) is 1.60. The van der Waals surface area contributed by atoms with E-state index < -0.39 is 10.0 Å². The number of anilines is 1. The Labute approximate surface area is 116 Å². The molecule has 0 unspecified atom stereocenters. The number of nitrogens with zero attached hydrogens (tertiary/aromatic N) is 1. The zero-order chi connectivity index (χ0) is 14.5. The van der Waals surface area contributed by atoms with Gasteiger partial charge in [-0.1, -0.05) is 12.1 Å². The van der Waals surface area contributed by atoms with E-state index >= 15 is 0 Å². The summed E-state index contributed by atoms with van der Waals surface area (Å²) < 4.78 is 27.0. The van der Waals surface area contributed by atoms with Crippen LogP contribution in [0.5, 0.6) is 0 Å². The molecular weight excluding hydrogens is 262 g/mol. The van der Waals surface area contributed by atoms with Crippen molar-refractivity contribution in [2.24, 2.45) is 0 Å². The van der Waals surface area contributed by atoms with Crippen molar-refractivity contribution < 1.29 is 8.42 Å². The van der Waals surface area contributed by atoms with Crippen molar-refractivity contribution in [3.63, 3.8) is 0 Å². The van der Waals surface area contributed by atoms with Crippen molar-refractivity contribution >= 4 is 15.7 Å². The summed E-state index contributed by atoms with van der Waals surface area (Å²) in [6.07, 6.45) is 0.